The van der Waals surface area contributed by atoms with Gasteiger partial charge in [-0.3, -0.25) is 0 Å². The molecule has 5 aromatic carbocycles. The van der Waals surface area contributed by atoms with E-state index in [4.69, 9.17) is 23.7 Å². The molecule has 290 valence electrons. The van der Waals surface area contributed by atoms with Crippen LogP contribution in [-0.2, 0) is 24.0 Å². The van der Waals surface area contributed by atoms with E-state index in [2.05, 4.69) is 32.9 Å². The van der Waals surface area contributed by atoms with E-state index in [0.29, 0.717) is 56.0 Å². The lowest BCUT2D eigenvalue weighted by molar-refractivity contribution is -0.129. The maximum Gasteiger partial charge on any atom is 0.335 e. The number of aryl methyl sites for hydroxylation is 2. The molecule has 0 radical (unpaired) electrons. The Morgan fingerprint density at radius 1 is 0.431 bits per heavy atom. The third kappa shape index (κ3) is 9.87. The summed E-state index contributed by atoms with van der Waals surface area (Å²) >= 11 is 0. The van der Waals surface area contributed by atoms with E-state index in [9.17, 15) is 24.0 Å². The lowest BCUT2D eigenvalue weighted by Gasteiger charge is -2.27. The predicted octanol–water partition coefficient (Wildman–Crippen LogP) is 9.27. The quantitative estimate of drug-likeness (QED) is 0.0439. The highest BCUT2D eigenvalue weighted by Gasteiger charge is 2.31. The van der Waals surface area contributed by atoms with Gasteiger partial charge in [0, 0.05) is 53.0 Å². The maximum atomic E-state index is 12.9. The van der Waals surface area contributed by atoms with E-state index >= 15 is 0 Å². The molecule has 58 heavy (non-hydrogen) atoms. The zero-order valence-corrected chi connectivity index (χ0v) is 31.8. The smallest absolute Gasteiger partial charge is 0.335 e. The van der Waals surface area contributed by atoms with Crippen molar-refractivity contribution >= 4 is 29.8 Å². The first kappa shape index (κ1) is 41.3. The van der Waals surface area contributed by atoms with Gasteiger partial charge in [0.15, 0.2) is 0 Å². The summed E-state index contributed by atoms with van der Waals surface area (Å²) in [5, 5.41) is 0. The third-order valence-electron chi connectivity index (χ3n) is 8.67. The standard InChI is InChI=1S/C48H38O10/c1-8-42(49)54-35-19-13-31(14-20-35)33-17-23-40(56-44(51)10-3)37(27-33)47(39-26-29(6)25-30(7)48(39)58-46(53)12-5)38-28-34(18-24-41(38)57-45(52)11-4)32-15-21-36(22-16-32)55-43(50)9-2/h8-28,47H,1-5H2,6-7H3. The van der Waals surface area contributed by atoms with Crippen molar-refractivity contribution in [3.8, 4) is 51.0 Å². The van der Waals surface area contributed by atoms with Crippen molar-refractivity contribution in [3.05, 3.63) is 188 Å². The highest BCUT2D eigenvalue weighted by atomic mass is 16.6. The first-order chi connectivity index (χ1) is 27.9. The number of hydrogen-bond donors (Lipinski definition) is 0. The summed E-state index contributed by atoms with van der Waals surface area (Å²) in [6, 6.07) is 27.5. The van der Waals surface area contributed by atoms with E-state index in [0.717, 1.165) is 35.9 Å². The Labute approximate surface area is 335 Å². The summed E-state index contributed by atoms with van der Waals surface area (Å²) in [5.74, 6) is -3.40. The minimum atomic E-state index is -0.980. The second kappa shape index (κ2) is 18.7. The molecule has 10 heteroatoms. The SMILES string of the molecule is C=CC(=O)Oc1ccc(-c2ccc(OC(=O)C=C)c(C(c3cc(-c4ccc(OC(=O)C=C)cc4)ccc3OC(=O)C=C)c3cc(C)cc(C)c3OC(=O)C=C)c2)cc1. The average molecular weight is 775 g/mol. The van der Waals surface area contributed by atoms with Crippen LogP contribution in [0.1, 0.15) is 33.7 Å². The Balaban J connectivity index is 1.86. The van der Waals surface area contributed by atoms with Crippen molar-refractivity contribution in [2.75, 3.05) is 0 Å². The molecule has 0 saturated heterocycles. The number of hydrogen-bond acceptors (Lipinski definition) is 10. The fraction of sp³-hybridized carbons (Fsp3) is 0.0625. The molecule has 0 unspecified atom stereocenters. The van der Waals surface area contributed by atoms with Crippen molar-refractivity contribution in [3.63, 3.8) is 0 Å². The van der Waals surface area contributed by atoms with Crippen molar-refractivity contribution in [1.82, 2.24) is 0 Å². The zero-order chi connectivity index (χ0) is 41.9. The van der Waals surface area contributed by atoms with Crippen LogP contribution in [-0.4, -0.2) is 29.8 Å². The Morgan fingerprint density at radius 2 is 0.793 bits per heavy atom. The molecule has 0 atom stereocenters. The van der Waals surface area contributed by atoms with Gasteiger partial charge in [-0.2, -0.15) is 0 Å². The van der Waals surface area contributed by atoms with Crippen LogP contribution in [0.15, 0.2) is 160 Å². The van der Waals surface area contributed by atoms with Crippen LogP contribution < -0.4 is 23.7 Å². The largest absolute Gasteiger partial charge is 0.423 e. The summed E-state index contributed by atoms with van der Waals surface area (Å²) in [4.78, 5) is 62.4. The monoisotopic (exact) mass is 774 g/mol. The van der Waals surface area contributed by atoms with E-state index in [1.165, 1.54) is 0 Å². The molecule has 5 rings (SSSR count). The molecule has 0 heterocycles. The van der Waals surface area contributed by atoms with Gasteiger partial charge in [0.1, 0.15) is 28.7 Å². The van der Waals surface area contributed by atoms with Crippen LogP contribution in [0, 0.1) is 13.8 Å². The van der Waals surface area contributed by atoms with Crippen LogP contribution in [0.4, 0.5) is 0 Å². The zero-order valence-electron chi connectivity index (χ0n) is 31.8. The molecule has 0 aliphatic heterocycles. The van der Waals surface area contributed by atoms with E-state index < -0.39 is 35.8 Å². The van der Waals surface area contributed by atoms with E-state index in [-0.39, 0.29) is 17.2 Å². The Kier molecular flexibility index (Phi) is 13.3. The van der Waals surface area contributed by atoms with Gasteiger partial charge in [-0.25, -0.2) is 24.0 Å². The van der Waals surface area contributed by atoms with Crippen LogP contribution in [0.2, 0.25) is 0 Å². The molecule has 0 bridgehead atoms. The molecule has 0 saturated carbocycles. The maximum absolute atomic E-state index is 12.9. The summed E-state index contributed by atoms with van der Waals surface area (Å²) in [5.41, 5.74) is 5.35. The van der Waals surface area contributed by atoms with Crippen molar-refractivity contribution in [2.24, 2.45) is 0 Å². The second-order valence-electron chi connectivity index (χ2n) is 12.6. The van der Waals surface area contributed by atoms with Gasteiger partial charge < -0.3 is 23.7 Å². The third-order valence-corrected chi connectivity index (χ3v) is 8.67. The molecule has 5 aromatic rings. The molecule has 0 aliphatic rings. The van der Waals surface area contributed by atoms with Gasteiger partial charge in [0.05, 0.1) is 0 Å². The topological polar surface area (TPSA) is 132 Å². The summed E-state index contributed by atoms with van der Waals surface area (Å²) in [6.45, 7) is 21.2. The molecule has 0 aliphatic carbocycles. The van der Waals surface area contributed by atoms with Crippen molar-refractivity contribution in [1.29, 1.82) is 0 Å². The van der Waals surface area contributed by atoms with Crippen molar-refractivity contribution < 1.29 is 47.7 Å². The number of rotatable bonds is 15. The number of esters is 5. The van der Waals surface area contributed by atoms with Crippen molar-refractivity contribution in [2.45, 2.75) is 19.8 Å². The lowest BCUT2D eigenvalue weighted by Crippen LogP contribution is -2.15. The van der Waals surface area contributed by atoms with E-state index in [1.807, 2.05) is 19.1 Å². The van der Waals surface area contributed by atoms with Crippen LogP contribution in [0.3, 0.4) is 0 Å². The molecule has 10 nitrogen and oxygen atoms in total. The Hall–Kier alpha value is -7.85. The van der Waals surface area contributed by atoms with Crippen LogP contribution in [0.25, 0.3) is 22.3 Å². The molecule has 0 N–H and O–H groups in total. The van der Waals surface area contributed by atoms with Gasteiger partial charge in [-0.05, 0) is 90.2 Å². The van der Waals surface area contributed by atoms with Gasteiger partial charge in [0.2, 0.25) is 0 Å². The van der Waals surface area contributed by atoms with Gasteiger partial charge >= 0.3 is 29.8 Å². The molecule has 0 aromatic heterocycles. The van der Waals surface area contributed by atoms with Crippen LogP contribution in [0.5, 0.6) is 28.7 Å². The second-order valence-corrected chi connectivity index (χ2v) is 12.6. The number of carbonyl (C=O) groups is 5. The molecular formula is C48H38O10. The fourth-order valence-corrected chi connectivity index (χ4v) is 6.13. The van der Waals surface area contributed by atoms with Gasteiger partial charge in [0.25, 0.3) is 0 Å². The fourth-order valence-electron chi connectivity index (χ4n) is 6.13. The highest BCUT2D eigenvalue weighted by Crippen LogP contribution is 2.48. The minimum absolute atomic E-state index is 0.120. The summed E-state index contributed by atoms with van der Waals surface area (Å²) < 4.78 is 28.2. The van der Waals surface area contributed by atoms with Gasteiger partial charge in [-0.15, -0.1) is 0 Å². The van der Waals surface area contributed by atoms with Crippen LogP contribution >= 0.6 is 0 Å². The van der Waals surface area contributed by atoms with Gasteiger partial charge in [-0.1, -0.05) is 87.0 Å². The number of ether oxygens (including phenoxy) is 5. The molecular weight excluding hydrogens is 737 g/mol. The molecule has 0 spiro atoms. The molecule has 0 fully saturated rings. The molecule has 0 amide bonds. The minimum Gasteiger partial charge on any atom is -0.423 e. The van der Waals surface area contributed by atoms with E-state index in [1.54, 1.807) is 91.9 Å². The first-order valence-corrected chi connectivity index (χ1v) is 17.7. The number of benzene rings is 5. The lowest BCUT2D eigenvalue weighted by atomic mass is 9.80. The first-order valence-electron chi connectivity index (χ1n) is 17.7. The summed E-state index contributed by atoms with van der Waals surface area (Å²) in [6.07, 6.45) is 5.21. The predicted molar refractivity (Wildman–Crippen MR) is 220 cm³/mol. The highest BCUT2D eigenvalue weighted by molar-refractivity contribution is 5.87. The Morgan fingerprint density at radius 3 is 1.19 bits per heavy atom. The number of carbonyl (C=O) groups excluding carboxylic acids is 5. The Bertz CT molecular complexity index is 2340. The summed E-state index contributed by atoms with van der Waals surface area (Å²) in [7, 11) is 0. The normalized spacial score (nSPS) is 10.4. The average Bonchev–Trinajstić information content (AvgIpc) is 3.23.